The summed E-state index contributed by atoms with van der Waals surface area (Å²) in [6, 6.07) is 9.89. The van der Waals surface area contributed by atoms with Crippen molar-refractivity contribution >= 4 is 5.96 Å². The van der Waals surface area contributed by atoms with E-state index in [4.69, 9.17) is 4.74 Å². The predicted molar refractivity (Wildman–Crippen MR) is 87.9 cm³/mol. The second kappa shape index (κ2) is 7.34. The van der Waals surface area contributed by atoms with E-state index in [1.807, 2.05) is 30.3 Å². The maximum atomic E-state index is 5.68. The third-order valence-corrected chi connectivity index (χ3v) is 3.68. The molecular formula is C17H27N3O. The van der Waals surface area contributed by atoms with Crippen molar-refractivity contribution in [3.05, 3.63) is 30.3 Å². The highest BCUT2D eigenvalue weighted by Crippen LogP contribution is 2.28. The molecule has 0 spiro atoms. The van der Waals surface area contributed by atoms with Gasteiger partial charge in [-0.2, -0.15) is 0 Å². The monoisotopic (exact) mass is 289 g/mol. The Morgan fingerprint density at radius 1 is 1.33 bits per heavy atom. The quantitative estimate of drug-likeness (QED) is 0.514. The highest BCUT2D eigenvalue weighted by molar-refractivity contribution is 5.80. The summed E-state index contributed by atoms with van der Waals surface area (Å²) in [6.07, 6.45) is 1.22. The zero-order valence-electron chi connectivity index (χ0n) is 13.4. The molecule has 4 nitrogen and oxygen atoms in total. The number of para-hydroxylation sites is 1. The van der Waals surface area contributed by atoms with E-state index in [-0.39, 0.29) is 0 Å². The summed E-state index contributed by atoms with van der Waals surface area (Å²) < 4.78 is 5.68. The number of hydrogen-bond acceptors (Lipinski definition) is 2. The molecule has 1 fully saturated rings. The molecule has 0 aromatic heterocycles. The molecular weight excluding hydrogens is 262 g/mol. The van der Waals surface area contributed by atoms with Gasteiger partial charge >= 0.3 is 0 Å². The fourth-order valence-electron chi connectivity index (χ4n) is 2.55. The summed E-state index contributed by atoms with van der Waals surface area (Å²) in [5.74, 6) is 1.92. The number of guanidine groups is 1. The van der Waals surface area contributed by atoms with Crippen LogP contribution < -0.4 is 10.1 Å². The van der Waals surface area contributed by atoms with Gasteiger partial charge < -0.3 is 15.0 Å². The second-order valence-electron chi connectivity index (χ2n) is 6.23. The van der Waals surface area contributed by atoms with Gasteiger partial charge in [0.1, 0.15) is 12.4 Å². The average Bonchev–Trinajstić information content (AvgIpc) is 2.83. The van der Waals surface area contributed by atoms with Crippen molar-refractivity contribution in [1.29, 1.82) is 0 Å². The summed E-state index contributed by atoms with van der Waals surface area (Å²) in [5, 5.41) is 3.38. The molecule has 2 rings (SSSR count). The molecule has 0 bridgehead atoms. The Kier molecular flexibility index (Phi) is 5.48. The number of aliphatic imine (C=N–C) groups is 1. The lowest BCUT2D eigenvalue weighted by Crippen LogP contribution is -2.41. The molecule has 0 aliphatic carbocycles. The maximum absolute atomic E-state index is 5.68. The van der Waals surface area contributed by atoms with Gasteiger partial charge in [0.25, 0.3) is 0 Å². The van der Waals surface area contributed by atoms with Crippen molar-refractivity contribution in [3.8, 4) is 5.75 Å². The Hall–Kier alpha value is -1.71. The van der Waals surface area contributed by atoms with Crippen LogP contribution in [0.4, 0.5) is 0 Å². The van der Waals surface area contributed by atoms with Crippen LogP contribution in [0.25, 0.3) is 0 Å². The SMILES string of the molecule is CCNC(=NCCOc1ccccc1)N1CCC(C)(C)C1. The van der Waals surface area contributed by atoms with Gasteiger partial charge in [-0.15, -0.1) is 0 Å². The van der Waals surface area contributed by atoms with E-state index in [9.17, 15) is 0 Å². The molecule has 1 heterocycles. The number of benzene rings is 1. The largest absolute Gasteiger partial charge is 0.492 e. The summed E-state index contributed by atoms with van der Waals surface area (Å²) in [6.45, 7) is 11.1. The fourth-order valence-corrected chi connectivity index (χ4v) is 2.55. The summed E-state index contributed by atoms with van der Waals surface area (Å²) in [7, 11) is 0. The molecule has 1 aromatic carbocycles. The van der Waals surface area contributed by atoms with Gasteiger partial charge in [0.2, 0.25) is 0 Å². The molecule has 21 heavy (non-hydrogen) atoms. The number of nitrogens with zero attached hydrogens (tertiary/aromatic N) is 2. The van der Waals surface area contributed by atoms with Crippen LogP contribution >= 0.6 is 0 Å². The first kappa shape index (κ1) is 15.7. The molecule has 1 aliphatic rings. The van der Waals surface area contributed by atoms with Crippen molar-refractivity contribution in [2.45, 2.75) is 27.2 Å². The Morgan fingerprint density at radius 3 is 2.71 bits per heavy atom. The van der Waals surface area contributed by atoms with Crippen molar-refractivity contribution in [2.75, 3.05) is 32.8 Å². The van der Waals surface area contributed by atoms with E-state index in [2.05, 4.69) is 36.0 Å². The lowest BCUT2D eigenvalue weighted by molar-refractivity contribution is 0.326. The number of nitrogens with one attached hydrogen (secondary N) is 1. The molecule has 0 radical (unpaired) electrons. The van der Waals surface area contributed by atoms with E-state index in [0.717, 1.165) is 31.3 Å². The number of ether oxygens (including phenoxy) is 1. The molecule has 0 unspecified atom stereocenters. The Labute approximate surface area is 128 Å². The van der Waals surface area contributed by atoms with Crippen LogP contribution in [0.2, 0.25) is 0 Å². The molecule has 0 amide bonds. The number of hydrogen-bond donors (Lipinski definition) is 1. The first-order valence-electron chi connectivity index (χ1n) is 7.82. The van der Waals surface area contributed by atoms with Gasteiger partial charge in [0.15, 0.2) is 5.96 Å². The molecule has 116 valence electrons. The third-order valence-electron chi connectivity index (χ3n) is 3.68. The Bertz CT molecular complexity index is 456. The van der Waals surface area contributed by atoms with Crippen molar-refractivity contribution in [3.63, 3.8) is 0 Å². The molecule has 1 N–H and O–H groups in total. The van der Waals surface area contributed by atoms with E-state index >= 15 is 0 Å². The first-order chi connectivity index (χ1) is 10.1. The third kappa shape index (κ3) is 4.96. The molecule has 0 saturated carbocycles. The standard InChI is InChI=1S/C17H27N3O/c1-4-18-16(20-12-10-17(2,3)14-20)19-11-13-21-15-8-6-5-7-9-15/h5-9H,4,10-14H2,1-3H3,(H,18,19). The summed E-state index contributed by atoms with van der Waals surface area (Å²) in [4.78, 5) is 7.04. The second-order valence-corrected chi connectivity index (χ2v) is 6.23. The van der Waals surface area contributed by atoms with E-state index in [0.29, 0.717) is 18.6 Å². The van der Waals surface area contributed by atoms with Crippen LogP contribution in [0.3, 0.4) is 0 Å². The lowest BCUT2D eigenvalue weighted by atomic mass is 9.93. The molecule has 0 atom stereocenters. The van der Waals surface area contributed by atoms with Crippen LogP contribution in [0.15, 0.2) is 35.3 Å². The van der Waals surface area contributed by atoms with Crippen LogP contribution in [-0.2, 0) is 0 Å². The predicted octanol–water partition coefficient (Wildman–Crippen LogP) is 2.76. The van der Waals surface area contributed by atoms with E-state index < -0.39 is 0 Å². The number of rotatable bonds is 5. The van der Waals surface area contributed by atoms with Crippen LogP contribution in [0.1, 0.15) is 27.2 Å². The minimum atomic E-state index is 0.386. The van der Waals surface area contributed by atoms with Gasteiger partial charge in [-0.3, -0.25) is 0 Å². The van der Waals surface area contributed by atoms with Gasteiger partial charge in [-0.25, -0.2) is 4.99 Å². The molecule has 4 heteroatoms. The van der Waals surface area contributed by atoms with Crippen LogP contribution in [0, 0.1) is 5.41 Å². The van der Waals surface area contributed by atoms with Gasteiger partial charge in [0.05, 0.1) is 6.54 Å². The molecule has 1 aromatic rings. The normalized spacial score (nSPS) is 17.9. The first-order valence-corrected chi connectivity index (χ1v) is 7.82. The van der Waals surface area contributed by atoms with Crippen LogP contribution in [-0.4, -0.2) is 43.6 Å². The minimum Gasteiger partial charge on any atom is -0.492 e. The van der Waals surface area contributed by atoms with Gasteiger partial charge in [-0.1, -0.05) is 32.0 Å². The maximum Gasteiger partial charge on any atom is 0.194 e. The summed E-state index contributed by atoms with van der Waals surface area (Å²) in [5.41, 5.74) is 0.386. The number of likely N-dealkylation sites (tertiary alicyclic amines) is 1. The average molecular weight is 289 g/mol. The van der Waals surface area contributed by atoms with Crippen molar-refractivity contribution in [1.82, 2.24) is 10.2 Å². The van der Waals surface area contributed by atoms with Crippen molar-refractivity contribution in [2.24, 2.45) is 10.4 Å². The van der Waals surface area contributed by atoms with Crippen molar-refractivity contribution < 1.29 is 4.74 Å². The van der Waals surface area contributed by atoms with Crippen LogP contribution in [0.5, 0.6) is 5.75 Å². The zero-order valence-corrected chi connectivity index (χ0v) is 13.4. The van der Waals surface area contributed by atoms with Gasteiger partial charge in [-0.05, 0) is 30.9 Å². The fraction of sp³-hybridized carbons (Fsp3) is 0.588. The highest BCUT2D eigenvalue weighted by atomic mass is 16.5. The molecule has 1 saturated heterocycles. The van der Waals surface area contributed by atoms with E-state index in [1.165, 1.54) is 6.42 Å². The van der Waals surface area contributed by atoms with Gasteiger partial charge in [0, 0.05) is 19.6 Å². The topological polar surface area (TPSA) is 36.9 Å². The molecule has 1 aliphatic heterocycles. The summed E-state index contributed by atoms with van der Waals surface area (Å²) >= 11 is 0. The Balaban J connectivity index is 1.83. The highest BCUT2D eigenvalue weighted by Gasteiger charge is 2.30. The lowest BCUT2D eigenvalue weighted by Gasteiger charge is -2.23. The smallest absolute Gasteiger partial charge is 0.194 e. The Morgan fingerprint density at radius 2 is 2.10 bits per heavy atom. The van der Waals surface area contributed by atoms with E-state index in [1.54, 1.807) is 0 Å². The zero-order chi connectivity index (χ0) is 15.1. The minimum absolute atomic E-state index is 0.386.